The van der Waals surface area contributed by atoms with Crippen LogP contribution in [-0.2, 0) is 4.74 Å². The van der Waals surface area contributed by atoms with E-state index in [4.69, 9.17) is 15.6 Å². The Morgan fingerprint density at radius 2 is 1.97 bits per heavy atom. The standard InChI is InChI=1S/C23H27N3O5/c1-29-17-9-19(23(28)31-3)22(24-11-17)18-8-15-12-26(25-20(15)10-21(18)30-2)16-6-4-14(13-27)5-7-16/h8-12,14,16,27H,4-7,13H2,1-3H3/i16D. The van der Waals surface area contributed by atoms with Crippen LogP contribution in [0.4, 0.5) is 0 Å². The molecule has 0 aliphatic heterocycles. The van der Waals surface area contributed by atoms with Crippen LogP contribution in [-0.4, -0.2) is 53.8 Å². The maximum atomic E-state index is 12.4. The number of rotatable bonds is 6. The molecule has 1 saturated carbocycles. The van der Waals surface area contributed by atoms with Crippen molar-refractivity contribution in [1.82, 2.24) is 14.8 Å². The van der Waals surface area contributed by atoms with E-state index in [9.17, 15) is 9.90 Å². The molecule has 0 radical (unpaired) electrons. The number of aliphatic hydroxyl groups is 1. The minimum absolute atomic E-state index is 0.162. The maximum Gasteiger partial charge on any atom is 0.340 e. The lowest BCUT2D eigenvalue weighted by Crippen LogP contribution is -2.20. The molecule has 8 nitrogen and oxygen atoms in total. The first-order chi connectivity index (χ1) is 15.4. The van der Waals surface area contributed by atoms with Crippen molar-refractivity contribution in [3.05, 3.63) is 36.2 Å². The van der Waals surface area contributed by atoms with Gasteiger partial charge in [-0.3, -0.25) is 9.67 Å². The van der Waals surface area contributed by atoms with Gasteiger partial charge in [-0.15, -0.1) is 0 Å². The molecule has 4 rings (SSSR count). The Morgan fingerprint density at radius 1 is 1.19 bits per heavy atom. The van der Waals surface area contributed by atoms with Crippen LogP contribution in [0.25, 0.3) is 22.2 Å². The van der Waals surface area contributed by atoms with Gasteiger partial charge in [0.25, 0.3) is 0 Å². The van der Waals surface area contributed by atoms with E-state index in [2.05, 4.69) is 10.1 Å². The van der Waals surface area contributed by atoms with Crippen molar-refractivity contribution in [2.45, 2.75) is 31.7 Å². The third kappa shape index (κ3) is 4.07. The number of ether oxygens (including phenoxy) is 3. The van der Waals surface area contributed by atoms with Crippen LogP contribution < -0.4 is 9.47 Å². The van der Waals surface area contributed by atoms with E-state index in [1.165, 1.54) is 20.4 Å². The summed E-state index contributed by atoms with van der Waals surface area (Å²) in [7, 11) is 4.36. The highest BCUT2D eigenvalue weighted by Gasteiger charge is 2.24. The fraction of sp³-hybridized carbons (Fsp3) is 0.435. The number of hydrogen-bond donors (Lipinski definition) is 1. The number of hydrogen-bond acceptors (Lipinski definition) is 7. The molecule has 1 N–H and O–H groups in total. The average molecular weight is 426 g/mol. The van der Waals surface area contributed by atoms with Gasteiger partial charge in [-0.1, -0.05) is 0 Å². The zero-order valence-electron chi connectivity index (χ0n) is 18.9. The molecule has 0 saturated heterocycles. The van der Waals surface area contributed by atoms with Crippen LogP contribution in [0.3, 0.4) is 0 Å². The van der Waals surface area contributed by atoms with Gasteiger partial charge in [-0.05, 0) is 43.7 Å². The molecule has 3 aromatic rings. The molecule has 0 unspecified atom stereocenters. The van der Waals surface area contributed by atoms with E-state index in [1.807, 2.05) is 12.3 Å². The molecular formula is C23H27N3O5. The van der Waals surface area contributed by atoms with Crippen LogP contribution in [0.5, 0.6) is 11.5 Å². The molecule has 31 heavy (non-hydrogen) atoms. The molecule has 1 aliphatic carbocycles. The quantitative estimate of drug-likeness (QED) is 0.601. The Hall–Kier alpha value is -3.13. The lowest BCUT2D eigenvalue weighted by molar-refractivity contribution is 0.0601. The summed E-state index contributed by atoms with van der Waals surface area (Å²) in [6, 6.07) is 4.38. The second-order valence-corrected chi connectivity index (χ2v) is 7.64. The Morgan fingerprint density at radius 3 is 2.61 bits per heavy atom. The molecule has 0 spiro atoms. The summed E-state index contributed by atoms with van der Waals surface area (Å²) in [4.78, 5) is 16.9. The second kappa shape index (κ2) is 8.93. The number of aromatic nitrogens is 3. The van der Waals surface area contributed by atoms with E-state index >= 15 is 0 Å². The fourth-order valence-corrected chi connectivity index (χ4v) is 4.03. The zero-order chi connectivity index (χ0) is 22.9. The second-order valence-electron chi connectivity index (χ2n) is 7.64. The highest BCUT2D eigenvalue weighted by Crippen LogP contribution is 2.37. The van der Waals surface area contributed by atoms with Crippen LogP contribution in [0.15, 0.2) is 30.6 Å². The lowest BCUT2D eigenvalue weighted by Gasteiger charge is -2.27. The SMILES string of the molecule is [2H]C1(n2cc3cc(-c4ncc(OC)cc4C(=O)OC)c(OC)cc3n2)CCC(CO)CC1. The smallest absolute Gasteiger partial charge is 0.340 e. The Bertz CT molecular complexity index is 1140. The van der Waals surface area contributed by atoms with E-state index < -0.39 is 12.0 Å². The zero-order valence-corrected chi connectivity index (χ0v) is 17.9. The summed E-state index contributed by atoms with van der Waals surface area (Å²) < 4.78 is 26.4. The number of carbonyl (C=O) groups is 1. The first-order valence-electron chi connectivity index (χ1n) is 10.7. The molecular weight excluding hydrogens is 398 g/mol. The number of methoxy groups -OCH3 is 3. The summed E-state index contributed by atoms with van der Waals surface area (Å²) in [5, 5.41) is 14.9. The third-order valence-corrected chi connectivity index (χ3v) is 5.85. The average Bonchev–Trinajstić information content (AvgIpc) is 3.26. The highest BCUT2D eigenvalue weighted by molar-refractivity contribution is 5.99. The van der Waals surface area contributed by atoms with Gasteiger partial charge in [0.15, 0.2) is 0 Å². The number of benzene rings is 1. The molecule has 0 atom stereocenters. The number of fused-ring (bicyclic) bond motifs is 1. The Labute approximate surface area is 182 Å². The van der Waals surface area contributed by atoms with Crippen molar-refractivity contribution in [2.75, 3.05) is 27.9 Å². The van der Waals surface area contributed by atoms with Gasteiger partial charge in [-0.2, -0.15) is 5.10 Å². The minimum atomic E-state index is -0.854. The van der Waals surface area contributed by atoms with Gasteiger partial charge in [0, 0.05) is 29.8 Å². The largest absolute Gasteiger partial charge is 0.496 e. The normalized spacial score (nSPS) is 21.5. The molecule has 1 aliphatic rings. The number of aliphatic hydroxyl groups excluding tert-OH is 1. The van der Waals surface area contributed by atoms with Crippen molar-refractivity contribution in [3.8, 4) is 22.8 Å². The van der Waals surface area contributed by atoms with Gasteiger partial charge >= 0.3 is 5.97 Å². The number of pyridine rings is 1. The van der Waals surface area contributed by atoms with Crippen LogP contribution in [0, 0.1) is 5.92 Å². The molecule has 8 heteroatoms. The van der Waals surface area contributed by atoms with Crippen LogP contribution >= 0.6 is 0 Å². The van der Waals surface area contributed by atoms with E-state index in [0.29, 0.717) is 41.1 Å². The first-order valence-corrected chi connectivity index (χ1v) is 10.2. The van der Waals surface area contributed by atoms with Crippen molar-refractivity contribution in [2.24, 2.45) is 5.92 Å². The van der Waals surface area contributed by atoms with E-state index in [0.717, 1.165) is 18.2 Å². The molecule has 0 bridgehead atoms. The molecule has 2 heterocycles. The topological polar surface area (TPSA) is 95.7 Å². The molecule has 1 fully saturated rings. The third-order valence-electron chi connectivity index (χ3n) is 5.85. The fourth-order valence-electron chi connectivity index (χ4n) is 4.03. The summed E-state index contributed by atoms with van der Waals surface area (Å²) >= 11 is 0. The van der Waals surface area contributed by atoms with Crippen molar-refractivity contribution >= 4 is 16.9 Å². The molecule has 164 valence electrons. The number of esters is 1. The van der Waals surface area contributed by atoms with Crippen LogP contribution in [0.1, 0.15) is 43.4 Å². The number of carbonyl (C=O) groups excluding carboxylic acids is 1. The van der Waals surface area contributed by atoms with E-state index in [1.54, 1.807) is 23.9 Å². The minimum Gasteiger partial charge on any atom is -0.496 e. The predicted octanol–water partition coefficient (Wildman–Crippen LogP) is 3.63. The first kappa shape index (κ1) is 19.8. The van der Waals surface area contributed by atoms with Gasteiger partial charge in [-0.25, -0.2) is 4.79 Å². The van der Waals surface area contributed by atoms with Gasteiger partial charge in [0.1, 0.15) is 11.5 Å². The molecule has 1 aromatic carbocycles. The van der Waals surface area contributed by atoms with Gasteiger partial charge in [0.2, 0.25) is 0 Å². The number of nitrogens with zero attached hydrogens (tertiary/aromatic N) is 3. The van der Waals surface area contributed by atoms with Gasteiger partial charge in [0.05, 0.1) is 51.7 Å². The monoisotopic (exact) mass is 426 g/mol. The van der Waals surface area contributed by atoms with Crippen molar-refractivity contribution in [1.29, 1.82) is 0 Å². The molecule has 2 aromatic heterocycles. The Kier molecular flexibility index (Phi) is 5.71. The van der Waals surface area contributed by atoms with E-state index in [-0.39, 0.29) is 18.1 Å². The summed E-state index contributed by atoms with van der Waals surface area (Å²) in [5.41, 5.74) is 1.98. The summed E-state index contributed by atoms with van der Waals surface area (Å²) in [6.07, 6.45) is 6.23. The highest BCUT2D eigenvalue weighted by atomic mass is 16.5. The van der Waals surface area contributed by atoms with Crippen LogP contribution in [0.2, 0.25) is 0 Å². The van der Waals surface area contributed by atoms with Gasteiger partial charge < -0.3 is 19.3 Å². The Balaban J connectivity index is 1.80. The summed E-state index contributed by atoms with van der Waals surface area (Å²) in [6.45, 7) is 0.162. The predicted molar refractivity (Wildman–Crippen MR) is 115 cm³/mol. The summed E-state index contributed by atoms with van der Waals surface area (Å²) in [5.74, 6) is 0.670. The maximum absolute atomic E-state index is 12.4. The molecule has 0 amide bonds. The van der Waals surface area contributed by atoms with Crippen molar-refractivity contribution < 1.29 is 25.5 Å². The lowest BCUT2D eigenvalue weighted by atomic mass is 9.87. The van der Waals surface area contributed by atoms with Crippen molar-refractivity contribution in [3.63, 3.8) is 0 Å².